The first kappa shape index (κ1) is 17.2. The molecule has 2 aromatic rings. The first-order valence-corrected chi connectivity index (χ1v) is 6.75. The second kappa shape index (κ2) is 5.70. The quantitative estimate of drug-likeness (QED) is 0.401. The van der Waals surface area contributed by atoms with Gasteiger partial charge in [0.25, 0.3) is 5.56 Å². The number of aliphatic hydroxyl groups excluding tert-OH is 2. The Morgan fingerprint density at radius 3 is 2.84 bits per heavy atom. The molecule has 3 heterocycles. The molecule has 25 heavy (non-hydrogen) atoms. The minimum absolute atomic E-state index is 0.232. The highest BCUT2D eigenvalue weighted by molar-refractivity contribution is 5.68. The van der Waals surface area contributed by atoms with Crippen molar-refractivity contribution in [3.8, 4) is 0 Å². The standard InChI is InChI=1S/C11H10F3N7O4/c12-11(13,14)4-6(23)10(1-22,19-20-15)25-9(4)21-3-18-5-7(21)16-2-17-8(5)24/h2-4,6,9,22-23H,1H2,(H,16,17,24)/t4-,6-,9+,10?/m0/s1. The van der Waals surface area contributed by atoms with Crippen LogP contribution in [0.3, 0.4) is 0 Å². The Bertz CT molecular complexity index is 905. The zero-order valence-corrected chi connectivity index (χ0v) is 12.1. The summed E-state index contributed by atoms with van der Waals surface area (Å²) in [6.45, 7) is -1.19. The molecule has 4 atom stereocenters. The minimum atomic E-state index is -4.98. The second-order valence-corrected chi connectivity index (χ2v) is 5.27. The second-order valence-electron chi connectivity index (χ2n) is 5.27. The van der Waals surface area contributed by atoms with Crippen molar-refractivity contribution in [2.24, 2.45) is 11.0 Å². The summed E-state index contributed by atoms with van der Waals surface area (Å²) in [6.07, 6.45) is -7.50. The van der Waals surface area contributed by atoms with Crippen molar-refractivity contribution in [3.63, 3.8) is 0 Å². The summed E-state index contributed by atoms with van der Waals surface area (Å²) >= 11 is 0. The smallest absolute Gasteiger partial charge is 0.393 e. The van der Waals surface area contributed by atoms with Crippen molar-refractivity contribution in [1.82, 2.24) is 19.5 Å². The van der Waals surface area contributed by atoms with Crippen LogP contribution in [0.15, 0.2) is 22.6 Å². The van der Waals surface area contributed by atoms with Gasteiger partial charge in [0.15, 0.2) is 23.1 Å². The molecular weight excluding hydrogens is 351 g/mol. The number of nitrogens with one attached hydrogen (secondary N) is 1. The third-order valence-electron chi connectivity index (χ3n) is 3.89. The molecule has 1 aliphatic heterocycles. The molecule has 134 valence electrons. The Labute approximate surface area is 135 Å². The van der Waals surface area contributed by atoms with E-state index in [0.29, 0.717) is 0 Å². The number of imidazole rings is 1. The number of hydrogen-bond donors (Lipinski definition) is 3. The highest BCUT2D eigenvalue weighted by atomic mass is 19.4. The fourth-order valence-electron chi connectivity index (χ4n) is 2.73. The lowest BCUT2D eigenvalue weighted by Gasteiger charge is -2.25. The molecular formula is C11H10F3N7O4. The molecule has 2 aromatic heterocycles. The molecule has 0 radical (unpaired) electrons. The Hall–Kier alpha value is -2.67. The Kier molecular flexibility index (Phi) is 3.91. The number of hydrogen-bond acceptors (Lipinski definition) is 7. The number of aromatic amines is 1. The highest BCUT2D eigenvalue weighted by Gasteiger charge is 2.64. The van der Waals surface area contributed by atoms with Crippen LogP contribution in [0.4, 0.5) is 13.2 Å². The van der Waals surface area contributed by atoms with E-state index < -0.39 is 42.3 Å². The van der Waals surface area contributed by atoms with Crippen molar-refractivity contribution < 1.29 is 28.1 Å². The van der Waals surface area contributed by atoms with E-state index >= 15 is 0 Å². The van der Waals surface area contributed by atoms with Gasteiger partial charge in [-0.15, -0.1) is 0 Å². The van der Waals surface area contributed by atoms with Gasteiger partial charge >= 0.3 is 6.18 Å². The fraction of sp³-hybridized carbons (Fsp3) is 0.545. The van der Waals surface area contributed by atoms with Gasteiger partial charge in [0, 0.05) is 4.91 Å². The van der Waals surface area contributed by atoms with Gasteiger partial charge in [0.2, 0.25) is 0 Å². The molecule has 1 saturated heterocycles. The van der Waals surface area contributed by atoms with E-state index in [2.05, 4.69) is 25.0 Å². The summed E-state index contributed by atoms with van der Waals surface area (Å²) in [6, 6.07) is 0. The van der Waals surface area contributed by atoms with Crippen LogP contribution >= 0.6 is 0 Å². The Morgan fingerprint density at radius 1 is 1.52 bits per heavy atom. The summed E-state index contributed by atoms with van der Waals surface area (Å²) in [4.78, 5) is 23.6. The molecule has 0 bridgehead atoms. The molecule has 14 heteroatoms. The topological polar surface area (TPSA) is 162 Å². The number of aliphatic hydroxyl groups is 2. The number of halogens is 3. The number of ether oxygens (including phenoxy) is 1. The zero-order valence-electron chi connectivity index (χ0n) is 12.1. The van der Waals surface area contributed by atoms with Gasteiger partial charge in [-0.1, -0.05) is 5.11 Å². The number of H-pyrrole nitrogens is 1. The van der Waals surface area contributed by atoms with Crippen LogP contribution < -0.4 is 5.56 Å². The van der Waals surface area contributed by atoms with Crippen LogP contribution in [-0.4, -0.2) is 54.3 Å². The van der Waals surface area contributed by atoms with Crippen LogP contribution in [0.25, 0.3) is 21.6 Å². The maximum Gasteiger partial charge on any atom is 0.398 e. The molecule has 3 rings (SSSR count). The third kappa shape index (κ3) is 2.51. The maximum absolute atomic E-state index is 13.5. The summed E-state index contributed by atoms with van der Waals surface area (Å²) in [7, 11) is 0. The van der Waals surface area contributed by atoms with Crippen molar-refractivity contribution in [1.29, 1.82) is 0 Å². The normalized spacial score (nSPS) is 29.7. The van der Waals surface area contributed by atoms with Gasteiger partial charge in [-0.2, -0.15) is 13.2 Å². The van der Waals surface area contributed by atoms with E-state index in [4.69, 9.17) is 10.3 Å². The number of aromatic nitrogens is 4. The number of nitrogens with zero attached hydrogens (tertiary/aromatic N) is 6. The number of fused-ring (bicyclic) bond motifs is 1. The SMILES string of the molecule is [N-]=[N+]=NC1(CO)O[C@@H](n2cnc3c(=O)[nH]cnc32)[C@@H](C(F)(F)F)[C@@H]1O. The average Bonchev–Trinajstić information content (AvgIpc) is 3.08. The van der Waals surface area contributed by atoms with Gasteiger partial charge < -0.3 is 19.9 Å². The van der Waals surface area contributed by atoms with Crippen LogP contribution in [-0.2, 0) is 4.74 Å². The maximum atomic E-state index is 13.5. The van der Waals surface area contributed by atoms with E-state index in [1.807, 2.05) is 0 Å². The predicted molar refractivity (Wildman–Crippen MR) is 72.8 cm³/mol. The van der Waals surface area contributed by atoms with E-state index in [-0.39, 0.29) is 11.2 Å². The van der Waals surface area contributed by atoms with E-state index in [1.54, 1.807) is 0 Å². The van der Waals surface area contributed by atoms with Gasteiger partial charge in [-0.3, -0.25) is 9.36 Å². The van der Waals surface area contributed by atoms with E-state index in [9.17, 15) is 28.2 Å². The summed E-state index contributed by atoms with van der Waals surface area (Å²) < 4.78 is 46.3. The van der Waals surface area contributed by atoms with Crippen molar-refractivity contribution in [3.05, 3.63) is 33.5 Å². The number of alkyl halides is 3. The molecule has 1 aliphatic rings. The van der Waals surface area contributed by atoms with Crippen LogP contribution in [0.5, 0.6) is 0 Å². The van der Waals surface area contributed by atoms with Crippen LogP contribution in [0.2, 0.25) is 0 Å². The van der Waals surface area contributed by atoms with Gasteiger partial charge in [0.1, 0.15) is 12.0 Å². The Morgan fingerprint density at radius 2 is 2.24 bits per heavy atom. The number of azide groups is 1. The minimum Gasteiger partial charge on any atom is -0.393 e. The predicted octanol–water partition coefficient (Wildman–Crippen LogP) is 0.187. The lowest BCUT2D eigenvalue weighted by Crippen LogP contribution is -2.46. The van der Waals surface area contributed by atoms with Gasteiger partial charge in [-0.05, 0) is 5.53 Å². The van der Waals surface area contributed by atoms with Crippen molar-refractivity contribution in [2.45, 2.75) is 24.2 Å². The molecule has 0 spiro atoms. The largest absolute Gasteiger partial charge is 0.398 e. The van der Waals surface area contributed by atoms with Gasteiger partial charge in [0.05, 0.1) is 19.3 Å². The highest BCUT2D eigenvalue weighted by Crippen LogP contribution is 2.50. The third-order valence-corrected chi connectivity index (χ3v) is 3.89. The van der Waals surface area contributed by atoms with Crippen molar-refractivity contribution in [2.75, 3.05) is 6.61 Å². The first-order chi connectivity index (χ1) is 11.7. The molecule has 11 nitrogen and oxygen atoms in total. The van der Waals surface area contributed by atoms with Crippen molar-refractivity contribution >= 4 is 11.2 Å². The van der Waals surface area contributed by atoms with Gasteiger partial charge in [-0.25, -0.2) is 9.97 Å². The zero-order chi connectivity index (χ0) is 18.4. The average molecular weight is 361 g/mol. The van der Waals surface area contributed by atoms with Crippen LogP contribution in [0.1, 0.15) is 6.23 Å². The van der Waals surface area contributed by atoms with E-state index in [1.165, 1.54) is 0 Å². The summed E-state index contributed by atoms with van der Waals surface area (Å²) in [5, 5.41) is 22.4. The molecule has 0 saturated carbocycles. The lowest BCUT2D eigenvalue weighted by molar-refractivity contribution is -0.210. The number of rotatable bonds is 3. The molecule has 1 fully saturated rings. The Balaban J connectivity index is 2.20. The fourth-order valence-corrected chi connectivity index (χ4v) is 2.73. The van der Waals surface area contributed by atoms with Crippen LogP contribution in [0, 0.1) is 5.92 Å². The molecule has 0 aromatic carbocycles. The summed E-state index contributed by atoms with van der Waals surface area (Å²) in [5.74, 6) is -2.57. The lowest BCUT2D eigenvalue weighted by atomic mass is 9.95. The monoisotopic (exact) mass is 361 g/mol. The molecule has 0 aliphatic carbocycles. The molecule has 3 N–H and O–H groups in total. The molecule has 0 amide bonds. The summed E-state index contributed by atoms with van der Waals surface area (Å²) in [5.41, 5.74) is 4.85. The van der Waals surface area contributed by atoms with E-state index in [0.717, 1.165) is 17.2 Å². The first-order valence-electron chi connectivity index (χ1n) is 6.75. The molecule has 1 unspecified atom stereocenters.